The number of rotatable bonds is 2. The zero-order valence-electron chi connectivity index (χ0n) is 7.51. The van der Waals surface area contributed by atoms with Crippen molar-refractivity contribution in [3.05, 3.63) is 0 Å². The zero-order chi connectivity index (χ0) is 10.1. The van der Waals surface area contributed by atoms with E-state index in [0.717, 1.165) is 5.16 Å². The van der Waals surface area contributed by atoms with Crippen LogP contribution in [0.25, 0.3) is 0 Å². The second-order valence-corrected chi connectivity index (χ2v) is 5.16. The van der Waals surface area contributed by atoms with Crippen molar-refractivity contribution in [3.63, 3.8) is 0 Å². The highest BCUT2D eigenvalue weighted by Gasteiger charge is 2.30. The van der Waals surface area contributed by atoms with Crippen LogP contribution < -0.4 is 4.90 Å². The van der Waals surface area contributed by atoms with Crippen molar-refractivity contribution < 1.29 is 4.79 Å². The van der Waals surface area contributed by atoms with Crippen molar-refractivity contribution in [1.82, 2.24) is 9.36 Å². The lowest BCUT2D eigenvalue weighted by Gasteiger charge is -2.09. The van der Waals surface area contributed by atoms with E-state index in [1.54, 1.807) is 4.90 Å². The fourth-order valence-electron chi connectivity index (χ4n) is 1.27. The van der Waals surface area contributed by atoms with E-state index >= 15 is 0 Å². The number of carbonyl (C=O) groups is 1. The molecule has 2 heterocycles. The molecule has 4 nitrogen and oxygen atoms in total. The number of anilines is 1. The van der Waals surface area contributed by atoms with Gasteiger partial charge in [-0.25, -0.2) is 0 Å². The van der Waals surface area contributed by atoms with Gasteiger partial charge < -0.3 is 0 Å². The second kappa shape index (κ2) is 4.08. The minimum atomic E-state index is 0.0915. The van der Waals surface area contributed by atoms with Crippen molar-refractivity contribution in [2.45, 2.75) is 16.8 Å². The van der Waals surface area contributed by atoms with Gasteiger partial charge >= 0.3 is 0 Å². The second-order valence-electron chi connectivity index (χ2n) is 2.93. The number of carbonyl (C=O) groups excluding carboxylic acids is 1. The van der Waals surface area contributed by atoms with Crippen LogP contribution in [0.15, 0.2) is 5.16 Å². The van der Waals surface area contributed by atoms with Crippen molar-refractivity contribution in [2.24, 2.45) is 0 Å². The standard InChI is InChI=1S/C7H9N3OS3/c1-13-6-8-7(14-9-6)10-3-4(12)2-5(10)11/h4,12H,2-3H2,1H3. The molecule has 1 aromatic rings. The average Bonchev–Trinajstić information content (AvgIpc) is 2.71. The molecule has 0 aliphatic carbocycles. The van der Waals surface area contributed by atoms with Crippen LogP contribution in [0.3, 0.4) is 0 Å². The summed E-state index contributed by atoms with van der Waals surface area (Å²) < 4.78 is 4.11. The van der Waals surface area contributed by atoms with Gasteiger partial charge in [-0.3, -0.25) is 9.69 Å². The number of nitrogens with zero attached hydrogens (tertiary/aromatic N) is 3. The summed E-state index contributed by atoms with van der Waals surface area (Å²) in [5.74, 6) is 0.0915. The van der Waals surface area contributed by atoms with E-state index in [9.17, 15) is 4.79 Å². The normalized spacial score (nSPS) is 22.0. The van der Waals surface area contributed by atoms with E-state index in [1.165, 1.54) is 23.3 Å². The first-order valence-corrected chi connectivity index (χ1v) is 6.58. The number of thioether (sulfide) groups is 1. The summed E-state index contributed by atoms with van der Waals surface area (Å²) in [6.45, 7) is 0.644. The predicted molar refractivity (Wildman–Crippen MR) is 61.4 cm³/mol. The predicted octanol–water partition coefficient (Wildman–Crippen LogP) is 1.30. The minimum absolute atomic E-state index is 0.0915. The largest absolute Gasteiger partial charge is 0.286 e. The van der Waals surface area contributed by atoms with Crippen LogP contribution in [0.1, 0.15) is 6.42 Å². The van der Waals surface area contributed by atoms with Crippen molar-refractivity contribution in [3.8, 4) is 0 Å². The summed E-state index contributed by atoms with van der Waals surface area (Å²) in [5, 5.41) is 1.54. The van der Waals surface area contributed by atoms with Crippen molar-refractivity contribution in [2.75, 3.05) is 17.7 Å². The van der Waals surface area contributed by atoms with Crippen molar-refractivity contribution in [1.29, 1.82) is 0 Å². The summed E-state index contributed by atoms with van der Waals surface area (Å²) in [4.78, 5) is 17.4. The molecule has 0 saturated carbocycles. The zero-order valence-corrected chi connectivity index (χ0v) is 10.0. The molecule has 1 saturated heterocycles. The molecule has 14 heavy (non-hydrogen) atoms. The first kappa shape index (κ1) is 10.3. The van der Waals surface area contributed by atoms with E-state index in [4.69, 9.17) is 0 Å². The molecular weight excluding hydrogens is 238 g/mol. The van der Waals surface area contributed by atoms with E-state index < -0.39 is 0 Å². The summed E-state index contributed by atoms with van der Waals surface area (Å²) >= 11 is 7.03. The monoisotopic (exact) mass is 247 g/mol. The van der Waals surface area contributed by atoms with E-state index in [-0.39, 0.29) is 11.2 Å². The van der Waals surface area contributed by atoms with E-state index in [1.807, 2.05) is 6.26 Å². The lowest BCUT2D eigenvalue weighted by molar-refractivity contribution is -0.117. The van der Waals surface area contributed by atoms with Crippen LogP contribution in [-0.4, -0.2) is 33.3 Å². The Labute approximate surface area is 95.7 Å². The summed E-state index contributed by atoms with van der Waals surface area (Å²) in [5.41, 5.74) is 0. The number of thiol groups is 1. The van der Waals surface area contributed by atoms with Crippen LogP contribution in [-0.2, 0) is 4.79 Å². The summed E-state index contributed by atoms with van der Waals surface area (Å²) in [7, 11) is 0. The number of aromatic nitrogens is 2. The third-order valence-electron chi connectivity index (χ3n) is 1.91. The molecule has 1 atom stereocenters. The van der Waals surface area contributed by atoms with Crippen LogP contribution >= 0.6 is 35.9 Å². The molecule has 1 aliphatic rings. The van der Waals surface area contributed by atoms with Gasteiger partial charge in [-0.1, -0.05) is 11.8 Å². The Kier molecular flexibility index (Phi) is 2.99. The van der Waals surface area contributed by atoms with Gasteiger partial charge in [-0.15, -0.1) is 0 Å². The van der Waals surface area contributed by atoms with E-state index in [2.05, 4.69) is 22.0 Å². The highest BCUT2D eigenvalue weighted by Crippen LogP contribution is 2.27. The molecule has 1 aliphatic heterocycles. The van der Waals surface area contributed by atoms with Gasteiger partial charge in [0.15, 0.2) is 0 Å². The molecular formula is C7H9N3OS3. The van der Waals surface area contributed by atoms with Crippen molar-refractivity contribution >= 4 is 47.0 Å². The lowest BCUT2D eigenvalue weighted by atomic mass is 10.4. The Hall–Kier alpha value is -0.270. The number of hydrogen-bond acceptors (Lipinski definition) is 6. The molecule has 0 N–H and O–H groups in total. The maximum absolute atomic E-state index is 11.5. The third-order valence-corrected chi connectivity index (χ3v) is 3.66. The molecule has 1 aromatic heterocycles. The van der Waals surface area contributed by atoms with Gasteiger partial charge in [0.05, 0.1) is 0 Å². The highest BCUT2D eigenvalue weighted by molar-refractivity contribution is 7.98. The molecule has 0 spiro atoms. The van der Waals surface area contributed by atoms with Gasteiger partial charge in [0.1, 0.15) is 0 Å². The lowest BCUT2D eigenvalue weighted by Crippen LogP contribution is -2.24. The Morgan fingerprint density at radius 2 is 2.50 bits per heavy atom. The molecule has 7 heteroatoms. The van der Waals surface area contributed by atoms with E-state index in [0.29, 0.717) is 18.1 Å². The maximum Gasteiger partial charge on any atom is 0.230 e. The Morgan fingerprint density at radius 1 is 1.71 bits per heavy atom. The number of hydrogen-bond donors (Lipinski definition) is 1. The smallest absolute Gasteiger partial charge is 0.230 e. The Morgan fingerprint density at radius 3 is 3.00 bits per heavy atom. The van der Waals surface area contributed by atoms with Gasteiger partial charge in [0.25, 0.3) is 0 Å². The fourth-order valence-corrected chi connectivity index (χ4v) is 2.84. The SMILES string of the molecule is CSc1nsc(N2CC(S)CC2=O)n1. The summed E-state index contributed by atoms with van der Waals surface area (Å²) in [6.07, 6.45) is 2.41. The summed E-state index contributed by atoms with van der Waals surface area (Å²) in [6, 6.07) is 0. The van der Waals surface area contributed by atoms with Crippen LogP contribution in [0.2, 0.25) is 0 Å². The first-order valence-electron chi connectivity index (χ1n) is 4.07. The Balaban J connectivity index is 2.18. The average molecular weight is 247 g/mol. The van der Waals surface area contributed by atoms with Gasteiger partial charge in [-0.05, 0) is 6.26 Å². The first-order chi connectivity index (χ1) is 6.70. The van der Waals surface area contributed by atoms with Gasteiger partial charge in [-0.2, -0.15) is 22.0 Å². The molecule has 1 fully saturated rings. The molecule has 0 aromatic carbocycles. The molecule has 1 unspecified atom stereocenters. The Bertz CT molecular complexity index is 354. The molecule has 1 amide bonds. The highest BCUT2D eigenvalue weighted by atomic mass is 32.2. The third kappa shape index (κ3) is 1.89. The van der Waals surface area contributed by atoms with Crippen LogP contribution in [0, 0.1) is 0 Å². The van der Waals surface area contributed by atoms with Gasteiger partial charge in [0.2, 0.25) is 16.2 Å². The molecule has 2 rings (SSSR count). The van der Waals surface area contributed by atoms with Crippen LogP contribution in [0.5, 0.6) is 0 Å². The quantitative estimate of drug-likeness (QED) is 0.632. The topological polar surface area (TPSA) is 46.1 Å². The maximum atomic E-state index is 11.5. The van der Waals surface area contributed by atoms with Gasteiger partial charge in [0, 0.05) is 29.7 Å². The molecule has 76 valence electrons. The fraction of sp³-hybridized carbons (Fsp3) is 0.571. The molecule has 0 radical (unpaired) electrons. The number of amides is 1. The van der Waals surface area contributed by atoms with Crippen LogP contribution in [0.4, 0.5) is 5.13 Å². The molecule has 0 bridgehead atoms. The minimum Gasteiger partial charge on any atom is -0.286 e.